The fourth-order valence-electron chi connectivity index (χ4n) is 2.16. The Kier molecular flexibility index (Phi) is 3.85. The van der Waals surface area contributed by atoms with Gasteiger partial charge in [0.1, 0.15) is 6.61 Å². The standard InChI is InChI=1S/C14H17NO4/c1-14(13(17)18-2)9-8-12(16)15(14)19-10-11-6-4-3-5-7-11/h3-7H,8-10H2,1-2H3. The van der Waals surface area contributed by atoms with Crippen LogP contribution in [0.3, 0.4) is 0 Å². The summed E-state index contributed by atoms with van der Waals surface area (Å²) in [6.07, 6.45) is 0.702. The molecule has 1 fully saturated rings. The molecule has 0 spiro atoms. The van der Waals surface area contributed by atoms with Crippen molar-refractivity contribution in [3.63, 3.8) is 0 Å². The monoisotopic (exact) mass is 263 g/mol. The molecular weight excluding hydrogens is 246 g/mol. The van der Waals surface area contributed by atoms with E-state index in [1.165, 1.54) is 7.11 Å². The molecule has 2 rings (SSSR count). The number of nitrogens with zero attached hydrogens (tertiary/aromatic N) is 1. The van der Waals surface area contributed by atoms with Crippen molar-refractivity contribution in [2.24, 2.45) is 0 Å². The van der Waals surface area contributed by atoms with E-state index in [4.69, 9.17) is 9.57 Å². The first-order valence-corrected chi connectivity index (χ1v) is 6.16. The Balaban J connectivity index is 2.08. The van der Waals surface area contributed by atoms with Gasteiger partial charge in [0.2, 0.25) is 5.91 Å². The van der Waals surface area contributed by atoms with Gasteiger partial charge in [-0.3, -0.25) is 9.63 Å². The number of hydroxylamine groups is 2. The van der Waals surface area contributed by atoms with Crippen LogP contribution < -0.4 is 0 Å². The van der Waals surface area contributed by atoms with Gasteiger partial charge in [0.05, 0.1) is 7.11 Å². The van der Waals surface area contributed by atoms with Gasteiger partial charge < -0.3 is 4.74 Å². The Labute approximate surface area is 112 Å². The van der Waals surface area contributed by atoms with Crippen LogP contribution >= 0.6 is 0 Å². The van der Waals surface area contributed by atoms with Crippen molar-refractivity contribution in [3.05, 3.63) is 35.9 Å². The van der Waals surface area contributed by atoms with Gasteiger partial charge in [-0.2, -0.15) is 0 Å². The van der Waals surface area contributed by atoms with E-state index in [0.29, 0.717) is 12.8 Å². The van der Waals surface area contributed by atoms with Gasteiger partial charge in [-0.05, 0) is 18.9 Å². The summed E-state index contributed by atoms with van der Waals surface area (Å²) in [4.78, 5) is 29.2. The van der Waals surface area contributed by atoms with E-state index in [-0.39, 0.29) is 12.5 Å². The predicted octanol–water partition coefficient (Wildman–Crippen LogP) is 1.67. The Morgan fingerprint density at radius 3 is 2.68 bits per heavy atom. The summed E-state index contributed by atoms with van der Waals surface area (Å²) in [6.45, 7) is 1.91. The second kappa shape index (κ2) is 5.40. The molecule has 0 N–H and O–H groups in total. The molecule has 0 bridgehead atoms. The molecule has 0 radical (unpaired) electrons. The molecule has 0 aliphatic carbocycles. The first-order chi connectivity index (χ1) is 9.08. The molecule has 0 aromatic heterocycles. The van der Waals surface area contributed by atoms with E-state index in [1.807, 2.05) is 30.3 Å². The van der Waals surface area contributed by atoms with Crippen LogP contribution in [0.1, 0.15) is 25.3 Å². The summed E-state index contributed by atoms with van der Waals surface area (Å²) >= 11 is 0. The molecule has 1 heterocycles. The zero-order valence-corrected chi connectivity index (χ0v) is 11.1. The number of esters is 1. The van der Waals surface area contributed by atoms with Crippen LogP contribution in [-0.4, -0.2) is 29.6 Å². The van der Waals surface area contributed by atoms with Crippen molar-refractivity contribution < 1.29 is 19.2 Å². The number of rotatable bonds is 4. The number of benzene rings is 1. The highest BCUT2D eigenvalue weighted by molar-refractivity contribution is 5.90. The van der Waals surface area contributed by atoms with Crippen LogP contribution in [0.25, 0.3) is 0 Å². The molecular formula is C14H17NO4. The van der Waals surface area contributed by atoms with Crippen molar-refractivity contribution in [2.45, 2.75) is 31.9 Å². The van der Waals surface area contributed by atoms with Crippen LogP contribution in [0.2, 0.25) is 0 Å². The van der Waals surface area contributed by atoms with Crippen molar-refractivity contribution in [2.75, 3.05) is 7.11 Å². The fourth-order valence-corrected chi connectivity index (χ4v) is 2.16. The van der Waals surface area contributed by atoms with Crippen LogP contribution in [0.15, 0.2) is 30.3 Å². The molecule has 1 saturated heterocycles. The van der Waals surface area contributed by atoms with E-state index in [1.54, 1.807) is 6.92 Å². The molecule has 0 saturated carbocycles. The Hall–Kier alpha value is -1.88. The SMILES string of the molecule is COC(=O)C1(C)CCC(=O)N1OCc1ccccc1. The lowest BCUT2D eigenvalue weighted by Gasteiger charge is -2.31. The number of methoxy groups -OCH3 is 1. The molecule has 1 aromatic carbocycles. The number of carbonyl (C=O) groups excluding carboxylic acids is 2. The van der Waals surface area contributed by atoms with Gasteiger partial charge in [0.25, 0.3) is 0 Å². The van der Waals surface area contributed by atoms with E-state index >= 15 is 0 Å². The predicted molar refractivity (Wildman–Crippen MR) is 67.7 cm³/mol. The molecule has 1 aromatic rings. The molecule has 19 heavy (non-hydrogen) atoms. The first-order valence-electron chi connectivity index (χ1n) is 6.16. The second-order valence-electron chi connectivity index (χ2n) is 4.71. The Morgan fingerprint density at radius 1 is 1.37 bits per heavy atom. The van der Waals surface area contributed by atoms with Gasteiger partial charge in [-0.15, -0.1) is 0 Å². The quantitative estimate of drug-likeness (QED) is 0.775. The second-order valence-corrected chi connectivity index (χ2v) is 4.71. The van der Waals surface area contributed by atoms with Gasteiger partial charge in [0, 0.05) is 6.42 Å². The highest BCUT2D eigenvalue weighted by Crippen LogP contribution is 2.31. The molecule has 1 atom stereocenters. The average molecular weight is 263 g/mol. The Morgan fingerprint density at radius 2 is 2.05 bits per heavy atom. The first kappa shape index (κ1) is 13.5. The highest BCUT2D eigenvalue weighted by atomic mass is 16.7. The maximum Gasteiger partial charge on any atom is 0.334 e. The number of hydrogen-bond donors (Lipinski definition) is 0. The van der Waals surface area contributed by atoms with Gasteiger partial charge in [0.15, 0.2) is 5.54 Å². The molecule has 102 valence electrons. The lowest BCUT2D eigenvalue weighted by atomic mass is 10.0. The molecule has 1 aliphatic heterocycles. The van der Waals surface area contributed by atoms with Gasteiger partial charge in [-0.1, -0.05) is 30.3 Å². The minimum Gasteiger partial charge on any atom is -0.467 e. The van der Waals surface area contributed by atoms with Crippen LogP contribution in [0.4, 0.5) is 0 Å². The molecule has 1 amide bonds. The lowest BCUT2D eigenvalue weighted by Crippen LogP contribution is -2.49. The van der Waals surface area contributed by atoms with Crippen LogP contribution in [-0.2, 0) is 25.8 Å². The number of ether oxygens (including phenoxy) is 1. The van der Waals surface area contributed by atoms with Gasteiger partial charge >= 0.3 is 5.97 Å². The lowest BCUT2D eigenvalue weighted by molar-refractivity contribution is -0.220. The van der Waals surface area contributed by atoms with Crippen molar-refractivity contribution in [3.8, 4) is 0 Å². The molecule has 1 unspecified atom stereocenters. The fraction of sp³-hybridized carbons (Fsp3) is 0.429. The minimum absolute atomic E-state index is 0.191. The summed E-state index contributed by atoms with van der Waals surface area (Å²) in [6, 6.07) is 9.49. The number of hydrogen-bond acceptors (Lipinski definition) is 4. The summed E-state index contributed by atoms with van der Waals surface area (Å²) in [7, 11) is 1.31. The smallest absolute Gasteiger partial charge is 0.334 e. The summed E-state index contributed by atoms with van der Waals surface area (Å²) in [5.41, 5.74) is -0.0879. The van der Waals surface area contributed by atoms with E-state index in [9.17, 15) is 9.59 Å². The maximum absolute atomic E-state index is 11.8. The minimum atomic E-state index is -1.03. The largest absolute Gasteiger partial charge is 0.467 e. The molecule has 5 heteroatoms. The topological polar surface area (TPSA) is 55.8 Å². The highest BCUT2D eigenvalue weighted by Gasteiger charge is 2.49. The van der Waals surface area contributed by atoms with E-state index < -0.39 is 11.5 Å². The third-order valence-corrected chi connectivity index (χ3v) is 3.33. The number of amides is 1. The summed E-state index contributed by atoms with van der Waals surface area (Å²) in [5, 5.41) is 1.16. The van der Waals surface area contributed by atoms with E-state index in [2.05, 4.69) is 0 Å². The van der Waals surface area contributed by atoms with Crippen molar-refractivity contribution in [1.82, 2.24) is 5.06 Å². The maximum atomic E-state index is 11.8. The van der Waals surface area contributed by atoms with Crippen LogP contribution in [0, 0.1) is 0 Å². The zero-order valence-electron chi connectivity index (χ0n) is 11.1. The van der Waals surface area contributed by atoms with Crippen molar-refractivity contribution >= 4 is 11.9 Å². The average Bonchev–Trinajstić information content (AvgIpc) is 2.73. The van der Waals surface area contributed by atoms with E-state index in [0.717, 1.165) is 10.6 Å². The van der Waals surface area contributed by atoms with Gasteiger partial charge in [-0.25, -0.2) is 9.86 Å². The van der Waals surface area contributed by atoms with Crippen molar-refractivity contribution in [1.29, 1.82) is 0 Å². The number of carbonyl (C=O) groups is 2. The normalized spacial score (nSPS) is 22.6. The zero-order chi connectivity index (χ0) is 13.9. The molecule has 1 aliphatic rings. The summed E-state index contributed by atoms with van der Waals surface area (Å²) in [5.74, 6) is -0.643. The summed E-state index contributed by atoms with van der Waals surface area (Å²) < 4.78 is 4.75. The third kappa shape index (κ3) is 2.61. The Bertz CT molecular complexity index is 474. The van der Waals surface area contributed by atoms with Crippen LogP contribution in [0.5, 0.6) is 0 Å². The third-order valence-electron chi connectivity index (χ3n) is 3.33. The molecule has 5 nitrogen and oxygen atoms in total.